The Morgan fingerprint density at radius 2 is 1.69 bits per heavy atom. The first-order chi connectivity index (χ1) is 16.9. The van der Waals surface area contributed by atoms with Crippen LogP contribution in [0.1, 0.15) is 36.3 Å². The summed E-state index contributed by atoms with van der Waals surface area (Å²) in [4.78, 5) is 37.8. The molecule has 1 aliphatic heterocycles. The van der Waals surface area contributed by atoms with E-state index in [0.717, 1.165) is 22.3 Å². The van der Waals surface area contributed by atoms with E-state index in [1.165, 1.54) is 11.8 Å². The molecule has 4 rings (SSSR count). The largest absolute Gasteiger partial charge is 0.480 e. The molecule has 0 unspecified atom stereocenters. The van der Waals surface area contributed by atoms with Crippen molar-refractivity contribution < 1.29 is 29.0 Å². The molecule has 35 heavy (non-hydrogen) atoms. The van der Waals surface area contributed by atoms with Crippen molar-refractivity contribution in [2.45, 2.75) is 36.8 Å². The van der Waals surface area contributed by atoms with Gasteiger partial charge < -0.3 is 25.2 Å². The number of benzene rings is 2. The van der Waals surface area contributed by atoms with Crippen molar-refractivity contribution in [2.24, 2.45) is 0 Å². The number of hydrogen-bond donors (Lipinski definition) is 3. The number of carbonyl (C=O) groups is 3. The van der Waals surface area contributed by atoms with Crippen molar-refractivity contribution >= 4 is 29.7 Å². The van der Waals surface area contributed by atoms with Gasteiger partial charge in [0.05, 0.1) is 0 Å². The molecule has 0 aromatic heterocycles. The number of nitrogens with one attached hydrogen (secondary N) is 2. The number of ether oxygens (including phenoxy) is 2. The maximum Gasteiger partial charge on any atom is 0.408 e. The molecule has 1 saturated heterocycles. The molecule has 2 amide bonds. The minimum Gasteiger partial charge on any atom is -0.480 e. The van der Waals surface area contributed by atoms with Gasteiger partial charge in [-0.2, -0.15) is 11.8 Å². The zero-order valence-electron chi connectivity index (χ0n) is 19.6. The summed E-state index contributed by atoms with van der Waals surface area (Å²) >= 11 is 1.50. The third kappa shape index (κ3) is 5.46. The van der Waals surface area contributed by atoms with Gasteiger partial charge in [0, 0.05) is 32.0 Å². The minimum atomic E-state index is -1.28. The first-order valence-corrected chi connectivity index (χ1v) is 13.1. The summed E-state index contributed by atoms with van der Waals surface area (Å²) in [5.74, 6) is -1.14. The third-order valence-corrected chi connectivity index (χ3v) is 7.32. The lowest BCUT2D eigenvalue weighted by Crippen LogP contribution is -2.63. The number of carbonyl (C=O) groups excluding carboxylic acids is 2. The Balaban J connectivity index is 1.45. The number of alkyl carbamates (subject to hydrolysis) is 1. The van der Waals surface area contributed by atoms with Gasteiger partial charge >= 0.3 is 12.1 Å². The zero-order valence-corrected chi connectivity index (χ0v) is 20.4. The Morgan fingerprint density at radius 1 is 1.09 bits per heavy atom. The van der Waals surface area contributed by atoms with E-state index in [2.05, 4.69) is 22.8 Å². The number of carboxylic acids is 1. The van der Waals surface area contributed by atoms with Crippen molar-refractivity contribution in [1.29, 1.82) is 0 Å². The number of hydrogen-bond acceptors (Lipinski definition) is 6. The van der Waals surface area contributed by atoms with E-state index in [4.69, 9.17) is 9.47 Å². The smallest absolute Gasteiger partial charge is 0.408 e. The highest BCUT2D eigenvalue weighted by molar-refractivity contribution is 7.98. The molecular formula is C26H30N2O6S. The van der Waals surface area contributed by atoms with Crippen LogP contribution in [0.4, 0.5) is 4.79 Å². The molecule has 1 aliphatic carbocycles. The molecule has 0 spiro atoms. The summed E-state index contributed by atoms with van der Waals surface area (Å²) < 4.78 is 11.0. The van der Waals surface area contributed by atoms with Crippen LogP contribution in [-0.4, -0.2) is 66.5 Å². The summed E-state index contributed by atoms with van der Waals surface area (Å²) in [6, 6.07) is 15.1. The maximum atomic E-state index is 13.2. The van der Waals surface area contributed by atoms with Crippen LogP contribution in [0.15, 0.2) is 48.5 Å². The Morgan fingerprint density at radius 3 is 2.26 bits per heavy atom. The van der Waals surface area contributed by atoms with Crippen LogP contribution >= 0.6 is 11.8 Å². The fraction of sp³-hybridized carbons (Fsp3) is 0.423. The van der Waals surface area contributed by atoms with Gasteiger partial charge in [-0.05, 0) is 40.7 Å². The monoisotopic (exact) mass is 498 g/mol. The third-order valence-electron chi connectivity index (χ3n) is 6.68. The Hall–Kier alpha value is -3.04. The molecule has 1 atom stereocenters. The molecule has 3 N–H and O–H groups in total. The molecule has 9 heteroatoms. The van der Waals surface area contributed by atoms with Crippen molar-refractivity contribution in [2.75, 3.05) is 31.8 Å². The number of thioether (sulfide) groups is 1. The molecule has 0 saturated carbocycles. The number of amides is 2. The van der Waals surface area contributed by atoms with Crippen LogP contribution in [0, 0.1) is 0 Å². The summed E-state index contributed by atoms with van der Waals surface area (Å²) in [5, 5.41) is 14.9. The maximum absolute atomic E-state index is 13.2. The molecule has 0 radical (unpaired) electrons. The first-order valence-electron chi connectivity index (χ1n) is 11.7. The number of carboxylic acid groups (broad SMARTS) is 1. The van der Waals surface area contributed by atoms with E-state index in [0.29, 0.717) is 12.2 Å². The van der Waals surface area contributed by atoms with Crippen LogP contribution in [-0.2, 0) is 19.1 Å². The van der Waals surface area contributed by atoms with Crippen LogP contribution in [0.2, 0.25) is 0 Å². The lowest BCUT2D eigenvalue weighted by molar-refractivity contribution is -0.144. The van der Waals surface area contributed by atoms with E-state index < -0.39 is 29.6 Å². The quantitative estimate of drug-likeness (QED) is 0.486. The summed E-state index contributed by atoms with van der Waals surface area (Å²) in [5.41, 5.74) is 3.16. The van der Waals surface area contributed by atoms with Gasteiger partial charge in [-0.25, -0.2) is 9.59 Å². The van der Waals surface area contributed by atoms with E-state index in [1.54, 1.807) is 0 Å². The van der Waals surface area contributed by atoms with Gasteiger partial charge in [0.15, 0.2) is 0 Å². The summed E-state index contributed by atoms with van der Waals surface area (Å²) in [6.07, 6.45) is 1.93. The number of aliphatic carboxylic acids is 1. The van der Waals surface area contributed by atoms with Gasteiger partial charge in [0.25, 0.3) is 0 Å². The zero-order chi connectivity index (χ0) is 24.8. The summed E-state index contributed by atoms with van der Waals surface area (Å²) in [6.45, 7) is 0.679. The molecule has 186 valence electrons. The van der Waals surface area contributed by atoms with Gasteiger partial charge in [-0.1, -0.05) is 48.5 Å². The Labute approximate surface area is 208 Å². The lowest BCUT2D eigenvalue weighted by atomic mass is 9.88. The van der Waals surface area contributed by atoms with E-state index in [-0.39, 0.29) is 38.6 Å². The average Bonchev–Trinajstić information content (AvgIpc) is 3.19. The fourth-order valence-electron chi connectivity index (χ4n) is 4.75. The van der Waals surface area contributed by atoms with E-state index in [9.17, 15) is 19.5 Å². The van der Waals surface area contributed by atoms with E-state index >= 15 is 0 Å². The predicted octanol–water partition coefficient (Wildman–Crippen LogP) is 3.40. The molecule has 0 bridgehead atoms. The molecular weight excluding hydrogens is 468 g/mol. The topological polar surface area (TPSA) is 114 Å². The van der Waals surface area contributed by atoms with Crippen LogP contribution in [0.3, 0.4) is 0 Å². The summed E-state index contributed by atoms with van der Waals surface area (Å²) in [7, 11) is 0. The van der Waals surface area contributed by atoms with Gasteiger partial charge in [-0.15, -0.1) is 0 Å². The second kappa shape index (κ2) is 11.1. The van der Waals surface area contributed by atoms with Crippen molar-refractivity contribution in [3.8, 4) is 11.1 Å². The van der Waals surface area contributed by atoms with Crippen LogP contribution in [0.5, 0.6) is 0 Å². The van der Waals surface area contributed by atoms with Crippen molar-refractivity contribution in [3.63, 3.8) is 0 Å². The van der Waals surface area contributed by atoms with Gasteiger partial charge in [0.2, 0.25) is 5.91 Å². The Kier molecular flexibility index (Phi) is 7.97. The normalized spacial score (nSPS) is 17.1. The lowest BCUT2D eigenvalue weighted by Gasteiger charge is -2.36. The standard InChI is InChI=1S/C26H30N2O6S/c1-35-15-10-22(23(29)30)27-24(31)26(11-13-33-14-12-26)28-25(32)34-16-21-19-8-4-2-6-17(19)18-7-3-5-9-20(18)21/h2-9,21-22H,10-16H2,1H3,(H,27,31)(H,28,32)(H,29,30)/t22-/m0/s1. The fourth-order valence-corrected chi connectivity index (χ4v) is 5.22. The predicted molar refractivity (Wildman–Crippen MR) is 134 cm³/mol. The molecule has 1 fully saturated rings. The average molecular weight is 499 g/mol. The number of fused-ring (bicyclic) bond motifs is 3. The Bertz CT molecular complexity index is 1040. The van der Waals surface area contributed by atoms with Crippen LogP contribution in [0.25, 0.3) is 11.1 Å². The highest BCUT2D eigenvalue weighted by atomic mass is 32.2. The highest BCUT2D eigenvalue weighted by Gasteiger charge is 2.43. The second-order valence-electron chi connectivity index (χ2n) is 8.79. The second-order valence-corrected chi connectivity index (χ2v) is 9.78. The number of rotatable bonds is 9. The molecule has 2 aliphatic rings. The molecule has 2 aromatic rings. The van der Waals surface area contributed by atoms with Gasteiger partial charge in [0.1, 0.15) is 18.2 Å². The molecule has 1 heterocycles. The van der Waals surface area contributed by atoms with Crippen molar-refractivity contribution in [1.82, 2.24) is 10.6 Å². The SMILES string of the molecule is CSCC[C@H](NC(=O)C1(NC(=O)OCC2c3ccccc3-c3ccccc32)CCOCC1)C(=O)O. The van der Waals surface area contributed by atoms with Crippen LogP contribution < -0.4 is 10.6 Å². The minimum absolute atomic E-state index is 0.101. The van der Waals surface area contributed by atoms with Gasteiger partial charge in [-0.3, -0.25) is 4.79 Å². The molecule has 8 nitrogen and oxygen atoms in total. The molecule has 2 aromatic carbocycles. The van der Waals surface area contributed by atoms with Crippen molar-refractivity contribution in [3.05, 3.63) is 59.7 Å². The first kappa shape index (κ1) is 25.1. The highest BCUT2D eigenvalue weighted by Crippen LogP contribution is 2.44. The van der Waals surface area contributed by atoms with E-state index in [1.807, 2.05) is 42.7 Å².